The summed E-state index contributed by atoms with van der Waals surface area (Å²) in [5.74, 6) is 0. The fourth-order valence-corrected chi connectivity index (χ4v) is 4.12. The van der Waals surface area contributed by atoms with Gasteiger partial charge in [0.25, 0.3) is 5.69 Å². The lowest BCUT2D eigenvalue weighted by molar-refractivity contribution is -0.384. The predicted molar refractivity (Wildman–Crippen MR) is 90.5 cm³/mol. The van der Waals surface area contributed by atoms with Crippen molar-refractivity contribution >= 4 is 21.4 Å². The van der Waals surface area contributed by atoms with Gasteiger partial charge >= 0.3 is 0 Å². The highest BCUT2D eigenvalue weighted by atomic mass is 32.2. The number of sulfonamides is 1. The molecule has 2 N–H and O–H groups in total. The molecule has 1 saturated heterocycles. The molecule has 1 aromatic rings. The number of nitrogens with zero attached hydrogens (tertiary/aromatic N) is 2. The summed E-state index contributed by atoms with van der Waals surface area (Å²) in [6.45, 7) is 4.03. The number of nitro benzene ring substituents is 1. The molecule has 1 fully saturated rings. The van der Waals surface area contributed by atoms with Crippen LogP contribution in [-0.4, -0.2) is 48.0 Å². The summed E-state index contributed by atoms with van der Waals surface area (Å²) in [6, 6.07) is 3.83. The predicted octanol–water partition coefficient (Wildman–Crippen LogP) is 1.95. The van der Waals surface area contributed by atoms with E-state index in [0.717, 1.165) is 25.3 Å². The van der Waals surface area contributed by atoms with Crippen molar-refractivity contribution in [2.45, 2.75) is 43.5 Å². The molecule has 0 radical (unpaired) electrons. The minimum Gasteiger partial charge on any atom is -0.394 e. The molecular formula is C15H23N3O5S. The fraction of sp³-hybridized carbons (Fsp3) is 0.600. The lowest BCUT2D eigenvalue weighted by Gasteiger charge is -2.27. The first-order valence-electron chi connectivity index (χ1n) is 7.85. The van der Waals surface area contributed by atoms with Crippen LogP contribution < -0.4 is 5.32 Å². The minimum absolute atomic E-state index is 0.0801. The quantitative estimate of drug-likeness (QED) is 0.594. The number of aliphatic hydroxyl groups excluding tert-OH is 1. The van der Waals surface area contributed by atoms with E-state index in [2.05, 4.69) is 5.32 Å². The summed E-state index contributed by atoms with van der Waals surface area (Å²) in [7, 11) is -3.73. The number of hydrogen-bond acceptors (Lipinski definition) is 6. The van der Waals surface area contributed by atoms with Crippen molar-refractivity contribution in [3.63, 3.8) is 0 Å². The molecule has 1 aromatic carbocycles. The second kappa shape index (κ2) is 7.04. The zero-order chi connectivity index (χ0) is 18.0. The Morgan fingerprint density at radius 1 is 1.29 bits per heavy atom. The van der Waals surface area contributed by atoms with Gasteiger partial charge in [-0.15, -0.1) is 0 Å². The normalized spacial score (nSPS) is 16.8. The highest BCUT2D eigenvalue weighted by molar-refractivity contribution is 7.89. The van der Waals surface area contributed by atoms with E-state index in [0.29, 0.717) is 13.1 Å². The second-order valence-electron chi connectivity index (χ2n) is 6.57. The average molecular weight is 357 g/mol. The number of nitrogens with one attached hydrogen (secondary N) is 1. The first kappa shape index (κ1) is 18.6. The SMILES string of the molecule is CC(C)(CO)Nc1ccc(S(=O)(=O)N2CCCCC2)cc1[N+](=O)[O-]. The second-order valence-corrected chi connectivity index (χ2v) is 8.51. The zero-order valence-electron chi connectivity index (χ0n) is 13.9. The number of aliphatic hydroxyl groups is 1. The Kier molecular flexibility index (Phi) is 5.46. The van der Waals surface area contributed by atoms with Crippen LogP contribution in [0.3, 0.4) is 0 Å². The number of piperidine rings is 1. The third kappa shape index (κ3) is 4.03. The Hall–Kier alpha value is -1.71. The van der Waals surface area contributed by atoms with Crippen LogP contribution in [0.2, 0.25) is 0 Å². The van der Waals surface area contributed by atoms with Gasteiger partial charge in [0, 0.05) is 19.2 Å². The van der Waals surface area contributed by atoms with E-state index in [9.17, 15) is 23.6 Å². The number of nitro groups is 1. The Morgan fingerprint density at radius 3 is 2.46 bits per heavy atom. The molecule has 8 nitrogen and oxygen atoms in total. The van der Waals surface area contributed by atoms with Crippen LogP contribution in [0, 0.1) is 10.1 Å². The molecule has 1 aliphatic heterocycles. The molecule has 24 heavy (non-hydrogen) atoms. The van der Waals surface area contributed by atoms with Crippen LogP contribution in [0.25, 0.3) is 0 Å². The van der Waals surface area contributed by atoms with Crippen LogP contribution >= 0.6 is 0 Å². The number of rotatable bonds is 6. The van der Waals surface area contributed by atoms with Crippen molar-refractivity contribution in [3.8, 4) is 0 Å². The van der Waals surface area contributed by atoms with E-state index in [1.54, 1.807) is 13.8 Å². The lowest BCUT2D eigenvalue weighted by Crippen LogP contribution is -2.36. The smallest absolute Gasteiger partial charge is 0.293 e. The number of anilines is 1. The Labute approximate surface area is 141 Å². The summed E-state index contributed by atoms with van der Waals surface area (Å²) < 4.78 is 26.7. The van der Waals surface area contributed by atoms with Crippen molar-refractivity contribution in [2.24, 2.45) is 0 Å². The Morgan fingerprint density at radius 2 is 1.92 bits per heavy atom. The van der Waals surface area contributed by atoms with Crippen LogP contribution in [0.4, 0.5) is 11.4 Å². The third-order valence-corrected chi connectivity index (χ3v) is 5.88. The topological polar surface area (TPSA) is 113 Å². The molecule has 0 unspecified atom stereocenters. The number of hydrogen-bond donors (Lipinski definition) is 2. The standard InChI is InChI=1S/C15H23N3O5S/c1-15(2,11-19)16-13-7-6-12(10-14(13)18(20)21)24(22,23)17-8-4-3-5-9-17/h6-7,10,16,19H,3-5,8-9,11H2,1-2H3. The molecule has 134 valence electrons. The molecule has 0 atom stereocenters. The zero-order valence-corrected chi connectivity index (χ0v) is 14.7. The van der Waals surface area contributed by atoms with Gasteiger partial charge in [0.1, 0.15) is 5.69 Å². The summed E-state index contributed by atoms with van der Waals surface area (Å²) in [5.41, 5.74) is -0.913. The van der Waals surface area contributed by atoms with Crippen LogP contribution in [0.1, 0.15) is 33.1 Å². The van der Waals surface area contributed by atoms with Crippen molar-refractivity contribution in [1.82, 2.24) is 4.31 Å². The highest BCUT2D eigenvalue weighted by Crippen LogP contribution is 2.31. The monoisotopic (exact) mass is 357 g/mol. The summed E-state index contributed by atoms with van der Waals surface area (Å²) in [6.07, 6.45) is 2.59. The molecule has 9 heteroatoms. The van der Waals surface area contributed by atoms with Crippen molar-refractivity contribution in [2.75, 3.05) is 25.0 Å². The Balaban J connectivity index is 2.39. The van der Waals surface area contributed by atoms with Gasteiger partial charge in [-0.2, -0.15) is 4.31 Å². The first-order valence-corrected chi connectivity index (χ1v) is 9.29. The summed E-state index contributed by atoms with van der Waals surface area (Å²) >= 11 is 0. The molecule has 0 spiro atoms. The molecule has 0 saturated carbocycles. The highest BCUT2D eigenvalue weighted by Gasteiger charge is 2.29. The van der Waals surface area contributed by atoms with E-state index < -0.39 is 20.5 Å². The van der Waals surface area contributed by atoms with E-state index in [-0.39, 0.29) is 22.9 Å². The molecule has 2 rings (SSSR count). The van der Waals surface area contributed by atoms with Gasteiger partial charge < -0.3 is 10.4 Å². The molecule has 0 bridgehead atoms. The average Bonchev–Trinajstić information content (AvgIpc) is 2.55. The molecule has 0 aliphatic carbocycles. The molecule has 0 amide bonds. The van der Waals surface area contributed by atoms with E-state index in [4.69, 9.17) is 0 Å². The first-order chi connectivity index (χ1) is 11.2. The van der Waals surface area contributed by atoms with E-state index in [1.807, 2.05) is 0 Å². The van der Waals surface area contributed by atoms with Gasteiger partial charge in [-0.3, -0.25) is 10.1 Å². The van der Waals surface area contributed by atoms with Crippen molar-refractivity contribution in [3.05, 3.63) is 28.3 Å². The van der Waals surface area contributed by atoms with Gasteiger partial charge in [0.2, 0.25) is 10.0 Å². The molecule has 1 aliphatic rings. The molecule has 1 heterocycles. The van der Waals surface area contributed by atoms with Gasteiger partial charge in [-0.05, 0) is 38.8 Å². The van der Waals surface area contributed by atoms with E-state index >= 15 is 0 Å². The maximum Gasteiger partial charge on any atom is 0.293 e. The van der Waals surface area contributed by atoms with Gasteiger partial charge in [-0.1, -0.05) is 6.42 Å². The summed E-state index contributed by atoms with van der Waals surface area (Å²) in [5, 5.41) is 23.5. The van der Waals surface area contributed by atoms with Gasteiger partial charge in [-0.25, -0.2) is 8.42 Å². The Bertz CT molecular complexity index is 712. The largest absolute Gasteiger partial charge is 0.394 e. The van der Waals surface area contributed by atoms with Gasteiger partial charge in [0.05, 0.1) is 22.0 Å². The lowest BCUT2D eigenvalue weighted by atomic mass is 10.1. The summed E-state index contributed by atoms with van der Waals surface area (Å²) in [4.78, 5) is 10.6. The number of benzene rings is 1. The van der Waals surface area contributed by atoms with Gasteiger partial charge in [0.15, 0.2) is 0 Å². The fourth-order valence-electron chi connectivity index (χ4n) is 2.59. The molecule has 0 aromatic heterocycles. The minimum atomic E-state index is -3.73. The van der Waals surface area contributed by atoms with E-state index in [1.165, 1.54) is 16.4 Å². The maximum absolute atomic E-state index is 12.7. The van der Waals surface area contributed by atoms with Crippen molar-refractivity contribution < 1.29 is 18.4 Å². The van der Waals surface area contributed by atoms with Crippen LogP contribution in [-0.2, 0) is 10.0 Å². The van der Waals surface area contributed by atoms with Crippen molar-refractivity contribution in [1.29, 1.82) is 0 Å². The van der Waals surface area contributed by atoms with Crippen LogP contribution in [0.15, 0.2) is 23.1 Å². The van der Waals surface area contributed by atoms with Crippen LogP contribution in [0.5, 0.6) is 0 Å². The maximum atomic E-state index is 12.7. The third-order valence-electron chi connectivity index (χ3n) is 3.99. The molecular weight excluding hydrogens is 334 g/mol.